The van der Waals surface area contributed by atoms with Crippen molar-refractivity contribution in [2.24, 2.45) is 0 Å². The van der Waals surface area contributed by atoms with Crippen molar-refractivity contribution >= 4 is 17.2 Å². The van der Waals surface area contributed by atoms with Crippen LogP contribution >= 0.6 is 11.3 Å². The predicted octanol–water partition coefficient (Wildman–Crippen LogP) is 2.10. The Hall–Kier alpha value is -1.76. The molecular weight excluding hydrogens is 322 g/mol. The summed E-state index contributed by atoms with van der Waals surface area (Å²) in [5.74, 6) is 0.0588. The molecule has 2 fully saturated rings. The van der Waals surface area contributed by atoms with Gasteiger partial charge >= 0.3 is 0 Å². The highest BCUT2D eigenvalue weighted by atomic mass is 32.1. The van der Waals surface area contributed by atoms with Gasteiger partial charge in [0.15, 0.2) is 0 Å². The SMILES string of the molecule is CN1C(=O)CO[C@@H]2CN(Cc3nccs3)CC[C@]21c1ccccc1. The molecule has 4 rings (SSSR count). The molecule has 0 aliphatic carbocycles. The zero-order valence-corrected chi connectivity index (χ0v) is 14.5. The van der Waals surface area contributed by atoms with Crippen molar-refractivity contribution in [1.82, 2.24) is 14.8 Å². The Labute approximate surface area is 145 Å². The molecule has 0 radical (unpaired) electrons. The van der Waals surface area contributed by atoms with E-state index >= 15 is 0 Å². The monoisotopic (exact) mass is 343 g/mol. The Kier molecular flexibility index (Phi) is 4.12. The Morgan fingerprint density at radius 2 is 2.21 bits per heavy atom. The number of hydrogen-bond donors (Lipinski definition) is 0. The minimum Gasteiger partial charge on any atom is -0.364 e. The first-order valence-corrected chi connectivity index (χ1v) is 9.12. The number of hydrogen-bond acceptors (Lipinski definition) is 5. The first kappa shape index (κ1) is 15.7. The Balaban J connectivity index is 1.63. The van der Waals surface area contributed by atoms with E-state index in [9.17, 15) is 4.79 Å². The molecule has 0 spiro atoms. The molecule has 2 aliphatic heterocycles. The number of morpholine rings is 1. The maximum absolute atomic E-state index is 12.3. The quantitative estimate of drug-likeness (QED) is 0.856. The highest BCUT2D eigenvalue weighted by Crippen LogP contribution is 2.42. The van der Waals surface area contributed by atoms with Crippen molar-refractivity contribution in [3.05, 3.63) is 52.5 Å². The lowest BCUT2D eigenvalue weighted by Crippen LogP contribution is -2.66. The second kappa shape index (κ2) is 6.27. The summed E-state index contributed by atoms with van der Waals surface area (Å²) in [6.07, 6.45) is 2.70. The van der Waals surface area contributed by atoms with E-state index in [1.165, 1.54) is 5.56 Å². The molecule has 0 bridgehead atoms. The molecule has 2 aromatic rings. The number of amides is 1. The van der Waals surface area contributed by atoms with Gasteiger partial charge in [0.25, 0.3) is 0 Å². The van der Waals surface area contributed by atoms with Crippen molar-refractivity contribution < 1.29 is 9.53 Å². The van der Waals surface area contributed by atoms with Gasteiger partial charge in [-0.25, -0.2) is 4.98 Å². The van der Waals surface area contributed by atoms with E-state index in [2.05, 4.69) is 22.0 Å². The number of benzene rings is 1. The third-order valence-corrected chi connectivity index (χ3v) is 6.03. The molecule has 3 heterocycles. The molecular formula is C18H21N3O2S. The normalized spacial score (nSPS) is 28.0. The number of fused-ring (bicyclic) bond motifs is 1. The maximum Gasteiger partial charge on any atom is 0.249 e. The largest absolute Gasteiger partial charge is 0.364 e. The summed E-state index contributed by atoms with van der Waals surface area (Å²) in [4.78, 5) is 21.0. The van der Waals surface area contributed by atoms with E-state index < -0.39 is 0 Å². The Bertz CT molecular complexity index is 706. The van der Waals surface area contributed by atoms with Crippen LogP contribution in [0.15, 0.2) is 41.9 Å². The van der Waals surface area contributed by atoms with Gasteiger partial charge in [0, 0.05) is 31.7 Å². The number of carbonyl (C=O) groups is 1. The van der Waals surface area contributed by atoms with Crippen molar-refractivity contribution in [3.63, 3.8) is 0 Å². The molecule has 1 aromatic carbocycles. The third-order valence-electron chi connectivity index (χ3n) is 5.26. The van der Waals surface area contributed by atoms with E-state index in [0.717, 1.165) is 31.1 Å². The molecule has 5 nitrogen and oxygen atoms in total. The van der Waals surface area contributed by atoms with Crippen LogP contribution in [0.4, 0.5) is 0 Å². The summed E-state index contributed by atoms with van der Waals surface area (Å²) >= 11 is 1.68. The number of thiazole rings is 1. The van der Waals surface area contributed by atoms with E-state index in [1.807, 2.05) is 41.7 Å². The second-order valence-electron chi connectivity index (χ2n) is 6.45. The van der Waals surface area contributed by atoms with Crippen molar-refractivity contribution in [2.45, 2.75) is 24.6 Å². The minimum absolute atomic E-state index is 0.0173. The van der Waals surface area contributed by atoms with Crippen LogP contribution in [0.3, 0.4) is 0 Å². The topological polar surface area (TPSA) is 45.7 Å². The number of piperidine rings is 1. The number of aromatic nitrogens is 1. The highest BCUT2D eigenvalue weighted by molar-refractivity contribution is 7.09. The van der Waals surface area contributed by atoms with Crippen LogP contribution in [0.25, 0.3) is 0 Å². The molecule has 6 heteroatoms. The van der Waals surface area contributed by atoms with Gasteiger partial charge in [-0.1, -0.05) is 30.3 Å². The summed E-state index contributed by atoms with van der Waals surface area (Å²) < 4.78 is 6.02. The standard InChI is InChI=1S/C18H21N3O2S/c1-20-17(22)13-23-15-11-21(12-16-19-8-10-24-16)9-7-18(15,20)14-5-3-2-4-6-14/h2-6,8,10,15H,7,9,11-13H2,1H3/t15-,18+/m1/s1. The van der Waals surface area contributed by atoms with Crippen molar-refractivity contribution in [2.75, 3.05) is 26.7 Å². The first-order chi connectivity index (χ1) is 11.7. The molecule has 2 aliphatic rings. The lowest BCUT2D eigenvalue weighted by atomic mass is 9.76. The van der Waals surface area contributed by atoms with Crippen LogP contribution in [0.2, 0.25) is 0 Å². The fourth-order valence-corrected chi connectivity index (χ4v) is 4.61. The average Bonchev–Trinajstić information content (AvgIpc) is 3.12. The molecule has 0 unspecified atom stereocenters. The summed E-state index contributed by atoms with van der Waals surface area (Å²) in [6, 6.07) is 10.3. The lowest BCUT2D eigenvalue weighted by Gasteiger charge is -2.54. The summed E-state index contributed by atoms with van der Waals surface area (Å²) in [7, 11) is 1.92. The number of ether oxygens (including phenoxy) is 1. The zero-order chi connectivity index (χ0) is 16.6. The first-order valence-electron chi connectivity index (χ1n) is 8.24. The maximum atomic E-state index is 12.3. The molecule has 1 amide bonds. The van der Waals surface area contributed by atoms with Crippen LogP contribution in [0.1, 0.15) is 17.0 Å². The number of rotatable bonds is 3. The van der Waals surface area contributed by atoms with Gasteiger partial charge < -0.3 is 9.64 Å². The lowest BCUT2D eigenvalue weighted by molar-refractivity contribution is -0.183. The fraction of sp³-hybridized carbons (Fsp3) is 0.444. The van der Waals surface area contributed by atoms with Gasteiger partial charge in [0.2, 0.25) is 5.91 Å². The zero-order valence-electron chi connectivity index (χ0n) is 13.7. The van der Waals surface area contributed by atoms with Crippen LogP contribution in [-0.2, 0) is 21.6 Å². The summed E-state index contributed by atoms with van der Waals surface area (Å²) in [5, 5.41) is 3.14. The molecule has 2 saturated heterocycles. The minimum atomic E-state index is -0.365. The number of likely N-dealkylation sites (N-methyl/N-ethyl adjacent to an activating group) is 1. The van der Waals surface area contributed by atoms with Crippen LogP contribution in [0, 0.1) is 0 Å². The predicted molar refractivity (Wildman–Crippen MR) is 92.6 cm³/mol. The molecule has 0 saturated carbocycles. The molecule has 1 aromatic heterocycles. The van der Waals surface area contributed by atoms with E-state index in [4.69, 9.17) is 4.74 Å². The number of nitrogens with zero attached hydrogens (tertiary/aromatic N) is 3. The van der Waals surface area contributed by atoms with Gasteiger partial charge in [0.05, 0.1) is 18.2 Å². The van der Waals surface area contributed by atoms with Crippen LogP contribution in [0.5, 0.6) is 0 Å². The Morgan fingerprint density at radius 3 is 2.96 bits per heavy atom. The molecule has 2 atom stereocenters. The third kappa shape index (κ3) is 2.55. The second-order valence-corrected chi connectivity index (χ2v) is 7.43. The van der Waals surface area contributed by atoms with Gasteiger partial charge in [-0.05, 0) is 12.0 Å². The number of carbonyl (C=O) groups excluding carboxylic acids is 1. The smallest absolute Gasteiger partial charge is 0.249 e. The van der Waals surface area contributed by atoms with Gasteiger partial charge in [-0.3, -0.25) is 9.69 Å². The van der Waals surface area contributed by atoms with Crippen molar-refractivity contribution in [1.29, 1.82) is 0 Å². The summed E-state index contributed by atoms with van der Waals surface area (Å²) in [6.45, 7) is 2.75. The number of likely N-dealkylation sites (tertiary alicyclic amines) is 1. The van der Waals surface area contributed by atoms with Crippen molar-refractivity contribution in [3.8, 4) is 0 Å². The van der Waals surface area contributed by atoms with E-state index in [0.29, 0.717) is 0 Å². The highest BCUT2D eigenvalue weighted by Gasteiger charge is 2.52. The molecule has 24 heavy (non-hydrogen) atoms. The summed E-state index contributed by atoms with van der Waals surface area (Å²) in [5.41, 5.74) is 0.801. The van der Waals surface area contributed by atoms with Gasteiger partial charge in [-0.2, -0.15) is 0 Å². The average molecular weight is 343 g/mol. The van der Waals surface area contributed by atoms with Crippen LogP contribution in [-0.4, -0.2) is 53.5 Å². The fourth-order valence-electron chi connectivity index (χ4n) is 3.95. The van der Waals surface area contributed by atoms with Gasteiger partial charge in [-0.15, -0.1) is 11.3 Å². The van der Waals surface area contributed by atoms with E-state index in [-0.39, 0.29) is 24.2 Å². The van der Waals surface area contributed by atoms with Gasteiger partial charge in [0.1, 0.15) is 11.6 Å². The van der Waals surface area contributed by atoms with Crippen LogP contribution < -0.4 is 0 Å². The molecule has 126 valence electrons. The van der Waals surface area contributed by atoms with E-state index in [1.54, 1.807) is 11.3 Å². The molecule has 0 N–H and O–H groups in total. The Morgan fingerprint density at radius 1 is 1.38 bits per heavy atom.